The van der Waals surface area contributed by atoms with E-state index in [1.807, 2.05) is 12.1 Å². The minimum absolute atomic E-state index is 0.576. The van der Waals surface area contributed by atoms with Crippen LogP contribution < -0.4 is 10.6 Å². The number of hydrogen-bond donors (Lipinski definition) is 2. The molecular formula is C16H16N2O3. The SMILES string of the molecule is C[C@@](C(N)=O)(C(=O)O)N(c1ccccc1)c1ccccc1. The minimum Gasteiger partial charge on any atom is -0.479 e. The molecule has 0 aromatic heterocycles. The third-order valence-corrected chi connectivity index (χ3v) is 3.37. The van der Waals surface area contributed by atoms with Crippen LogP contribution in [0.15, 0.2) is 60.7 Å². The molecule has 3 N–H and O–H groups in total. The first-order chi connectivity index (χ1) is 9.98. The number of carboxylic acids is 1. The van der Waals surface area contributed by atoms with E-state index in [1.165, 1.54) is 11.8 Å². The summed E-state index contributed by atoms with van der Waals surface area (Å²) in [7, 11) is 0. The van der Waals surface area contributed by atoms with E-state index in [2.05, 4.69) is 0 Å². The van der Waals surface area contributed by atoms with Gasteiger partial charge in [-0.15, -0.1) is 0 Å². The maximum atomic E-state index is 11.9. The summed E-state index contributed by atoms with van der Waals surface area (Å²) in [6.07, 6.45) is 0. The zero-order chi connectivity index (χ0) is 15.5. The molecule has 0 spiro atoms. The molecule has 0 unspecified atom stereocenters. The van der Waals surface area contributed by atoms with E-state index in [9.17, 15) is 14.7 Å². The fourth-order valence-corrected chi connectivity index (χ4v) is 2.13. The lowest BCUT2D eigenvalue weighted by Crippen LogP contribution is -2.59. The van der Waals surface area contributed by atoms with Crippen molar-refractivity contribution in [3.63, 3.8) is 0 Å². The Morgan fingerprint density at radius 1 is 0.952 bits per heavy atom. The van der Waals surface area contributed by atoms with Crippen molar-refractivity contribution in [3.05, 3.63) is 60.7 Å². The van der Waals surface area contributed by atoms with Crippen LogP contribution in [0.3, 0.4) is 0 Å². The van der Waals surface area contributed by atoms with Crippen molar-refractivity contribution < 1.29 is 14.7 Å². The first-order valence-corrected chi connectivity index (χ1v) is 6.41. The molecule has 0 heterocycles. The number of hydrogen-bond acceptors (Lipinski definition) is 3. The van der Waals surface area contributed by atoms with Gasteiger partial charge in [0.05, 0.1) is 0 Å². The van der Waals surface area contributed by atoms with E-state index < -0.39 is 17.4 Å². The van der Waals surface area contributed by atoms with Crippen molar-refractivity contribution in [3.8, 4) is 0 Å². The third-order valence-electron chi connectivity index (χ3n) is 3.37. The van der Waals surface area contributed by atoms with Gasteiger partial charge in [-0.3, -0.25) is 4.79 Å². The Morgan fingerprint density at radius 3 is 1.62 bits per heavy atom. The standard InChI is InChI=1S/C16H16N2O3/c1-16(14(17)19,15(20)21)18(12-8-4-2-5-9-12)13-10-6-3-7-11-13/h2-11H,1H3,(H2,17,19)(H,20,21)/t16-/m1/s1. The molecular weight excluding hydrogens is 268 g/mol. The zero-order valence-electron chi connectivity index (χ0n) is 11.6. The van der Waals surface area contributed by atoms with Gasteiger partial charge in [0.15, 0.2) is 0 Å². The molecule has 2 aromatic rings. The van der Waals surface area contributed by atoms with Crippen LogP contribution in [0.4, 0.5) is 11.4 Å². The molecule has 0 fully saturated rings. The molecule has 0 bridgehead atoms. The van der Waals surface area contributed by atoms with Gasteiger partial charge in [-0.25, -0.2) is 4.79 Å². The van der Waals surface area contributed by atoms with Crippen LogP contribution in [-0.2, 0) is 9.59 Å². The molecule has 1 amide bonds. The van der Waals surface area contributed by atoms with Crippen LogP contribution in [0, 0.1) is 0 Å². The molecule has 0 aliphatic rings. The Balaban J connectivity index is 2.67. The Morgan fingerprint density at radius 2 is 1.33 bits per heavy atom. The molecule has 0 saturated heterocycles. The molecule has 2 aromatic carbocycles. The van der Waals surface area contributed by atoms with Gasteiger partial charge in [0.2, 0.25) is 5.54 Å². The van der Waals surface area contributed by atoms with Gasteiger partial charge in [-0.05, 0) is 31.2 Å². The van der Waals surface area contributed by atoms with E-state index in [-0.39, 0.29) is 0 Å². The number of aliphatic carboxylic acids is 1. The van der Waals surface area contributed by atoms with Crippen LogP contribution in [0.1, 0.15) is 6.92 Å². The highest BCUT2D eigenvalue weighted by Gasteiger charge is 2.46. The molecule has 0 radical (unpaired) electrons. The zero-order valence-corrected chi connectivity index (χ0v) is 11.6. The van der Waals surface area contributed by atoms with E-state index in [0.29, 0.717) is 11.4 Å². The maximum absolute atomic E-state index is 11.9. The maximum Gasteiger partial charge on any atom is 0.339 e. The van der Waals surface area contributed by atoms with Gasteiger partial charge in [-0.1, -0.05) is 36.4 Å². The van der Waals surface area contributed by atoms with E-state index in [4.69, 9.17) is 5.73 Å². The van der Waals surface area contributed by atoms with Crippen molar-refractivity contribution in [2.24, 2.45) is 5.73 Å². The van der Waals surface area contributed by atoms with E-state index in [0.717, 1.165) is 0 Å². The van der Waals surface area contributed by atoms with Crippen molar-refractivity contribution in [2.45, 2.75) is 12.5 Å². The summed E-state index contributed by atoms with van der Waals surface area (Å²) in [5.41, 5.74) is 4.65. The van der Waals surface area contributed by atoms with Gasteiger partial charge in [0.1, 0.15) is 0 Å². The number of nitrogens with two attached hydrogens (primary N) is 1. The fraction of sp³-hybridized carbons (Fsp3) is 0.125. The second-order valence-corrected chi connectivity index (χ2v) is 4.75. The number of primary amides is 1. The van der Waals surface area contributed by atoms with Crippen LogP contribution in [0.25, 0.3) is 0 Å². The summed E-state index contributed by atoms with van der Waals surface area (Å²) in [6.45, 7) is 1.30. The van der Waals surface area contributed by atoms with Gasteiger partial charge >= 0.3 is 5.97 Å². The number of carboxylic acid groups (broad SMARTS) is 1. The predicted molar refractivity (Wildman–Crippen MR) is 80.3 cm³/mol. The Labute approximate surface area is 122 Å². The van der Waals surface area contributed by atoms with Crippen molar-refractivity contribution in [1.82, 2.24) is 0 Å². The van der Waals surface area contributed by atoms with Gasteiger partial charge in [0.25, 0.3) is 5.91 Å². The van der Waals surface area contributed by atoms with Crippen molar-refractivity contribution in [2.75, 3.05) is 4.90 Å². The highest BCUT2D eigenvalue weighted by Crippen LogP contribution is 2.33. The number of nitrogens with zero attached hydrogens (tertiary/aromatic N) is 1. The Hall–Kier alpha value is -2.82. The first-order valence-electron chi connectivity index (χ1n) is 6.41. The minimum atomic E-state index is -1.89. The molecule has 0 aliphatic carbocycles. The number of carbonyl (C=O) groups is 2. The van der Waals surface area contributed by atoms with Crippen LogP contribution in [0.2, 0.25) is 0 Å². The third kappa shape index (κ3) is 2.58. The highest BCUT2D eigenvalue weighted by atomic mass is 16.4. The number of anilines is 2. The molecule has 5 heteroatoms. The number of rotatable bonds is 5. The van der Waals surface area contributed by atoms with Crippen molar-refractivity contribution >= 4 is 23.3 Å². The smallest absolute Gasteiger partial charge is 0.339 e. The number of benzene rings is 2. The topological polar surface area (TPSA) is 83.6 Å². The monoisotopic (exact) mass is 284 g/mol. The summed E-state index contributed by atoms with van der Waals surface area (Å²) >= 11 is 0. The molecule has 108 valence electrons. The second kappa shape index (κ2) is 5.66. The summed E-state index contributed by atoms with van der Waals surface area (Å²) in [5.74, 6) is -2.23. The summed E-state index contributed by atoms with van der Waals surface area (Å²) < 4.78 is 0. The number of amides is 1. The lowest BCUT2D eigenvalue weighted by atomic mass is 9.96. The summed E-state index contributed by atoms with van der Waals surface area (Å²) in [5, 5.41) is 9.55. The molecule has 0 saturated carbocycles. The van der Waals surface area contributed by atoms with Crippen LogP contribution in [-0.4, -0.2) is 22.5 Å². The second-order valence-electron chi connectivity index (χ2n) is 4.75. The quantitative estimate of drug-likeness (QED) is 0.824. The number of carbonyl (C=O) groups excluding carboxylic acids is 1. The normalized spacial score (nSPS) is 13.2. The van der Waals surface area contributed by atoms with Crippen LogP contribution in [0.5, 0.6) is 0 Å². The summed E-state index contributed by atoms with van der Waals surface area (Å²) in [4.78, 5) is 25.0. The average Bonchev–Trinajstić information content (AvgIpc) is 2.49. The Kier molecular flexibility index (Phi) is 3.93. The molecule has 21 heavy (non-hydrogen) atoms. The van der Waals surface area contributed by atoms with E-state index >= 15 is 0 Å². The Bertz CT molecular complexity index is 588. The molecule has 0 aliphatic heterocycles. The number of para-hydroxylation sites is 2. The van der Waals surface area contributed by atoms with Gasteiger partial charge in [0, 0.05) is 11.4 Å². The summed E-state index contributed by atoms with van der Waals surface area (Å²) in [6, 6.07) is 17.7. The first kappa shape index (κ1) is 14.6. The van der Waals surface area contributed by atoms with Gasteiger partial charge < -0.3 is 15.7 Å². The predicted octanol–water partition coefficient (Wildman–Crippen LogP) is 2.15. The molecule has 5 nitrogen and oxygen atoms in total. The van der Waals surface area contributed by atoms with Crippen molar-refractivity contribution in [1.29, 1.82) is 0 Å². The lowest BCUT2D eigenvalue weighted by molar-refractivity contribution is -0.146. The van der Waals surface area contributed by atoms with Crippen LogP contribution >= 0.6 is 0 Å². The van der Waals surface area contributed by atoms with Gasteiger partial charge in [-0.2, -0.15) is 0 Å². The van der Waals surface area contributed by atoms with E-state index in [1.54, 1.807) is 48.5 Å². The molecule has 1 atom stereocenters. The molecule has 2 rings (SSSR count). The average molecular weight is 284 g/mol. The highest BCUT2D eigenvalue weighted by molar-refractivity contribution is 6.10. The fourth-order valence-electron chi connectivity index (χ4n) is 2.13. The largest absolute Gasteiger partial charge is 0.479 e. The lowest BCUT2D eigenvalue weighted by Gasteiger charge is -2.37.